The molecule has 2 aromatic heterocycles. The molecule has 0 saturated heterocycles. The van der Waals surface area contributed by atoms with Gasteiger partial charge in [-0.25, -0.2) is 4.98 Å². The van der Waals surface area contributed by atoms with E-state index in [0.29, 0.717) is 16.9 Å². The summed E-state index contributed by atoms with van der Waals surface area (Å²) < 4.78 is 5.31. The number of furan rings is 1. The highest BCUT2D eigenvalue weighted by Gasteiger charge is 2.07. The molecular weight excluding hydrogens is 266 g/mol. The van der Waals surface area contributed by atoms with Crippen LogP contribution in [0, 0.1) is 0 Å². The predicted molar refractivity (Wildman–Crippen MR) is 82.5 cm³/mol. The smallest absolute Gasteiger partial charge is 0.260 e. The highest BCUT2D eigenvalue weighted by molar-refractivity contribution is 5.78. The number of anilines is 1. The van der Waals surface area contributed by atoms with E-state index in [0.717, 1.165) is 18.6 Å². The SMILES string of the molecule is CC(CCc1ccco1)Nc1nc2ccccc2c(=O)[nH]1. The molecule has 5 heteroatoms. The first-order chi connectivity index (χ1) is 10.2. The van der Waals surface area contributed by atoms with Crippen LogP contribution in [0.2, 0.25) is 0 Å². The molecule has 108 valence electrons. The van der Waals surface area contributed by atoms with E-state index < -0.39 is 0 Å². The van der Waals surface area contributed by atoms with Crippen molar-refractivity contribution < 1.29 is 4.42 Å². The average Bonchev–Trinajstić information content (AvgIpc) is 2.98. The molecule has 3 rings (SSSR count). The molecule has 0 aliphatic rings. The van der Waals surface area contributed by atoms with Crippen molar-refractivity contribution in [1.82, 2.24) is 9.97 Å². The maximum Gasteiger partial charge on any atom is 0.260 e. The second-order valence-electron chi connectivity index (χ2n) is 5.10. The summed E-state index contributed by atoms with van der Waals surface area (Å²) in [4.78, 5) is 19.2. The molecule has 0 amide bonds. The van der Waals surface area contributed by atoms with Crippen LogP contribution in [0.3, 0.4) is 0 Å². The maximum absolute atomic E-state index is 12.0. The summed E-state index contributed by atoms with van der Waals surface area (Å²) >= 11 is 0. The molecule has 1 atom stereocenters. The van der Waals surface area contributed by atoms with Gasteiger partial charge in [-0.2, -0.15) is 0 Å². The van der Waals surface area contributed by atoms with Gasteiger partial charge < -0.3 is 9.73 Å². The number of benzene rings is 1. The third-order valence-electron chi connectivity index (χ3n) is 3.40. The maximum atomic E-state index is 12.0. The molecule has 0 radical (unpaired) electrons. The molecule has 5 nitrogen and oxygen atoms in total. The van der Waals surface area contributed by atoms with Gasteiger partial charge in [-0.1, -0.05) is 12.1 Å². The zero-order valence-corrected chi connectivity index (χ0v) is 11.8. The number of rotatable bonds is 5. The lowest BCUT2D eigenvalue weighted by molar-refractivity contribution is 0.494. The van der Waals surface area contributed by atoms with Gasteiger partial charge in [0, 0.05) is 12.5 Å². The fourth-order valence-corrected chi connectivity index (χ4v) is 2.27. The van der Waals surface area contributed by atoms with E-state index in [1.807, 2.05) is 30.3 Å². The molecule has 0 aliphatic carbocycles. The Balaban J connectivity index is 1.71. The van der Waals surface area contributed by atoms with Crippen LogP contribution in [0.15, 0.2) is 51.9 Å². The Morgan fingerprint density at radius 2 is 2.14 bits per heavy atom. The molecule has 0 spiro atoms. The van der Waals surface area contributed by atoms with Gasteiger partial charge in [0.05, 0.1) is 17.2 Å². The highest BCUT2D eigenvalue weighted by atomic mass is 16.3. The Kier molecular flexibility index (Phi) is 3.73. The van der Waals surface area contributed by atoms with E-state index in [9.17, 15) is 4.79 Å². The van der Waals surface area contributed by atoms with Crippen molar-refractivity contribution in [2.45, 2.75) is 25.8 Å². The lowest BCUT2D eigenvalue weighted by Gasteiger charge is -2.13. The number of H-pyrrole nitrogens is 1. The van der Waals surface area contributed by atoms with Gasteiger partial charge in [-0.3, -0.25) is 9.78 Å². The minimum absolute atomic E-state index is 0.124. The number of para-hydroxylation sites is 1. The molecule has 3 aromatic rings. The van der Waals surface area contributed by atoms with Gasteiger partial charge in [0.2, 0.25) is 5.95 Å². The van der Waals surface area contributed by atoms with Crippen LogP contribution in [0.5, 0.6) is 0 Å². The van der Waals surface area contributed by atoms with E-state index in [4.69, 9.17) is 4.42 Å². The minimum atomic E-state index is -0.124. The van der Waals surface area contributed by atoms with Crippen LogP contribution in [-0.2, 0) is 6.42 Å². The van der Waals surface area contributed by atoms with Crippen LogP contribution >= 0.6 is 0 Å². The van der Waals surface area contributed by atoms with E-state index in [1.54, 1.807) is 12.3 Å². The van der Waals surface area contributed by atoms with Gasteiger partial charge >= 0.3 is 0 Å². The van der Waals surface area contributed by atoms with Gasteiger partial charge in [0.1, 0.15) is 5.76 Å². The third-order valence-corrected chi connectivity index (χ3v) is 3.40. The van der Waals surface area contributed by atoms with Crippen molar-refractivity contribution in [3.05, 3.63) is 58.8 Å². The number of nitrogens with one attached hydrogen (secondary N) is 2. The fraction of sp³-hybridized carbons (Fsp3) is 0.250. The lowest BCUT2D eigenvalue weighted by Crippen LogP contribution is -2.20. The Hall–Kier alpha value is -2.56. The number of aromatic nitrogens is 2. The van der Waals surface area contributed by atoms with Gasteiger partial charge in [0.15, 0.2) is 0 Å². The summed E-state index contributed by atoms with van der Waals surface area (Å²) in [7, 11) is 0. The van der Waals surface area contributed by atoms with Crippen molar-refractivity contribution >= 4 is 16.9 Å². The summed E-state index contributed by atoms with van der Waals surface area (Å²) in [5, 5.41) is 3.83. The normalized spacial score (nSPS) is 12.4. The first-order valence-electron chi connectivity index (χ1n) is 7.00. The molecule has 1 aromatic carbocycles. The fourth-order valence-electron chi connectivity index (χ4n) is 2.27. The predicted octanol–water partition coefficient (Wildman–Crippen LogP) is 2.95. The number of hydrogen-bond donors (Lipinski definition) is 2. The van der Waals surface area contributed by atoms with Crippen molar-refractivity contribution in [2.24, 2.45) is 0 Å². The van der Waals surface area contributed by atoms with Crippen molar-refractivity contribution in [1.29, 1.82) is 0 Å². The molecule has 1 unspecified atom stereocenters. The molecule has 0 fully saturated rings. The van der Waals surface area contributed by atoms with Gasteiger partial charge in [-0.15, -0.1) is 0 Å². The second-order valence-corrected chi connectivity index (χ2v) is 5.10. The molecule has 21 heavy (non-hydrogen) atoms. The van der Waals surface area contributed by atoms with Crippen LogP contribution in [0.4, 0.5) is 5.95 Å². The van der Waals surface area contributed by atoms with Crippen molar-refractivity contribution in [2.75, 3.05) is 5.32 Å². The average molecular weight is 283 g/mol. The zero-order valence-electron chi connectivity index (χ0n) is 11.8. The van der Waals surface area contributed by atoms with Crippen LogP contribution in [0.25, 0.3) is 10.9 Å². The number of fused-ring (bicyclic) bond motifs is 1. The Morgan fingerprint density at radius 1 is 1.29 bits per heavy atom. The summed E-state index contributed by atoms with van der Waals surface area (Å²) in [6.07, 6.45) is 3.42. The summed E-state index contributed by atoms with van der Waals surface area (Å²) in [6, 6.07) is 11.3. The summed E-state index contributed by atoms with van der Waals surface area (Å²) in [5.74, 6) is 1.47. The number of nitrogens with zero attached hydrogens (tertiary/aromatic N) is 1. The van der Waals surface area contributed by atoms with E-state index >= 15 is 0 Å². The van der Waals surface area contributed by atoms with Crippen molar-refractivity contribution in [3.8, 4) is 0 Å². The van der Waals surface area contributed by atoms with E-state index in [2.05, 4.69) is 22.2 Å². The first-order valence-corrected chi connectivity index (χ1v) is 7.00. The highest BCUT2D eigenvalue weighted by Crippen LogP contribution is 2.11. The minimum Gasteiger partial charge on any atom is -0.469 e. The Labute approximate surface area is 122 Å². The number of aromatic amines is 1. The quantitative estimate of drug-likeness (QED) is 0.755. The zero-order chi connectivity index (χ0) is 14.7. The molecule has 0 saturated carbocycles. The number of aryl methyl sites for hydroxylation is 1. The molecule has 2 N–H and O–H groups in total. The largest absolute Gasteiger partial charge is 0.469 e. The van der Waals surface area contributed by atoms with Crippen LogP contribution in [-0.4, -0.2) is 16.0 Å². The lowest BCUT2D eigenvalue weighted by atomic mass is 10.1. The monoisotopic (exact) mass is 283 g/mol. The molecular formula is C16H17N3O2. The van der Waals surface area contributed by atoms with Gasteiger partial charge in [0.25, 0.3) is 5.56 Å². The Bertz CT molecular complexity index is 778. The standard InChI is InChI=1S/C16H17N3O2/c1-11(8-9-12-5-4-10-21-12)17-16-18-14-7-3-2-6-13(14)15(20)19-16/h2-7,10-11H,8-9H2,1H3,(H2,17,18,19,20). The van der Waals surface area contributed by atoms with Crippen LogP contribution < -0.4 is 10.9 Å². The first kappa shape index (κ1) is 13.4. The molecule has 2 heterocycles. The number of hydrogen-bond acceptors (Lipinski definition) is 4. The Morgan fingerprint density at radius 3 is 2.95 bits per heavy atom. The molecule has 0 aliphatic heterocycles. The van der Waals surface area contributed by atoms with E-state index in [1.165, 1.54) is 0 Å². The van der Waals surface area contributed by atoms with E-state index in [-0.39, 0.29) is 11.6 Å². The topological polar surface area (TPSA) is 70.9 Å². The third kappa shape index (κ3) is 3.13. The van der Waals surface area contributed by atoms with Gasteiger partial charge in [-0.05, 0) is 37.6 Å². The summed E-state index contributed by atoms with van der Waals surface area (Å²) in [6.45, 7) is 2.05. The summed E-state index contributed by atoms with van der Waals surface area (Å²) in [5.41, 5.74) is 0.573. The second kappa shape index (κ2) is 5.83. The van der Waals surface area contributed by atoms with Crippen molar-refractivity contribution in [3.63, 3.8) is 0 Å². The molecule has 0 bridgehead atoms. The van der Waals surface area contributed by atoms with Crippen LogP contribution in [0.1, 0.15) is 19.1 Å².